The smallest absolute Gasteiger partial charge is 0.323 e. The molecule has 0 saturated heterocycles. The number of ether oxygens (including phenoxy) is 1. The Morgan fingerprint density at radius 1 is 1.43 bits per heavy atom. The lowest BCUT2D eigenvalue weighted by Crippen LogP contribution is -2.49. The fourth-order valence-electron chi connectivity index (χ4n) is 2.02. The van der Waals surface area contributed by atoms with Crippen LogP contribution >= 0.6 is 0 Å². The summed E-state index contributed by atoms with van der Waals surface area (Å²) in [6.07, 6.45) is 2.04. The van der Waals surface area contributed by atoms with Crippen molar-refractivity contribution in [1.82, 2.24) is 5.32 Å². The highest BCUT2D eigenvalue weighted by Crippen LogP contribution is 2.16. The maximum absolute atomic E-state index is 11.3. The number of benzene rings is 1. The van der Waals surface area contributed by atoms with E-state index in [0.717, 1.165) is 12.0 Å². The van der Waals surface area contributed by atoms with Gasteiger partial charge in [-0.15, -0.1) is 0 Å². The maximum atomic E-state index is 11.3. The van der Waals surface area contributed by atoms with Gasteiger partial charge in [0.1, 0.15) is 11.3 Å². The Morgan fingerprint density at radius 3 is 2.81 bits per heavy atom. The van der Waals surface area contributed by atoms with Crippen LogP contribution in [0.25, 0.3) is 0 Å². The Labute approximate surface area is 125 Å². The number of aliphatic hydroxyl groups excluding tert-OH is 1. The van der Waals surface area contributed by atoms with Gasteiger partial charge in [0.2, 0.25) is 0 Å². The van der Waals surface area contributed by atoms with Gasteiger partial charge in [-0.25, -0.2) is 0 Å². The number of hydrogen-bond acceptors (Lipinski definition) is 4. The SMILES string of the molecule is CCCNC(C)(CCCOc1cccc(CO)c1)C(=O)O. The van der Waals surface area contributed by atoms with E-state index in [1.54, 1.807) is 13.0 Å². The van der Waals surface area contributed by atoms with E-state index in [4.69, 9.17) is 9.84 Å². The standard InChI is InChI=1S/C16H25NO4/c1-3-9-17-16(2,15(19)20)8-5-10-21-14-7-4-6-13(11-14)12-18/h4,6-7,11,17-18H,3,5,8-10,12H2,1-2H3,(H,19,20). The third-order valence-corrected chi connectivity index (χ3v) is 3.41. The molecule has 0 radical (unpaired) electrons. The number of carboxylic acids is 1. The molecule has 1 aromatic carbocycles. The molecule has 0 fully saturated rings. The quantitative estimate of drug-likeness (QED) is 0.577. The molecule has 21 heavy (non-hydrogen) atoms. The molecule has 0 aliphatic heterocycles. The van der Waals surface area contributed by atoms with Crippen LogP contribution in [0.3, 0.4) is 0 Å². The first-order chi connectivity index (χ1) is 10.0. The first-order valence-electron chi connectivity index (χ1n) is 7.33. The fraction of sp³-hybridized carbons (Fsp3) is 0.562. The zero-order valence-electron chi connectivity index (χ0n) is 12.8. The number of rotatable bonds is 10. The minimum atomic E-state index is -0.910. The van der Waals surface area contributed by atoms with E-state index in [-0.39, 0.29) is 6.61 Å². The molecular weight excluding hydrogens is 270 g/mol. The first-order valence-corrected chi connectivity index (χ1v) is 7.33. The van der Waals surface area contributed by atoms with E-state index in [2.05, 4.69) is 5.32 Å². The van der Waals surface area contributed by atoms with Gasteiger partial charge in [-0.2, -0.15) is 0 Å². The van der Waals surface area contributed by atoms with E-state index < -0.39 is 11.5 Å². The van der Waals surface area contributed by atoms with Crippen LogP contribution in [0.15, 0.2) is 24.3 Å². The lowest BCUT2D eigenvalue weighted by molar-refractivity contribution is -0.144. The third-order valence-electron chi connectivity index (χ3n) is 3.41. The van der Waals surface area contributed by atoms with Crippen LogP contribution in [0.2, 0.25) is 0 Å². The molecule has 0 saturated carbocycles. The van der Waals surface area contributed by atoms with Crippen molar-refractivity contribution in [2.75, 3.05) is 13.2 Å². The van der Waals surface area contributed by atoms with Crippen molar-refractivity contribution in [1.29, 1.82) is 0 Å². The van der Waals surface area contributed by atoms with Gasteiger partial charge >= 0.3 is 5.97 Å². The van der Waals surface area contributed by atoms with Gasteiger partial charge in [0, 0.05) is 0 Å². The van der Waals surface area contributed by atoms with Crippen molar-refractivity contribution < 1.29 is 19.7 Å². The van der Waals surface area contributed by atoms with Crippen molar-refractivity contribution >= 4 is 5.97 Å². The molecule has 0 spiro atoms. The van der Waals surface area contributed by atoms with Crippen molar-refractivity contribution in [3.8, 4) is 5.75 Å². The van der Waals surface area contributed by atoms with Crippen LogP contribution in [0.4, 0.5) is 0 Å². The molecule has 1 aromatic rings. The molecule has 118 valence electrons. The van der Waals surface area contributed by atoms with E-state index >= 15 is 0 Å². The summed E-state index contributed by atoms with van der Waals surface area (Å²) in [6.45, 7) is 4.83. The lowest BCUT2D eigenvalue weighted by atomic mass is 9.96. The number of aliphatic hydroxyl groups is 1. The largest absolute Gasteiger partial charge is 0.494 e. The van der Waals surface area contributed by atoms with Crippen LogP contribution in [0, 0.1) is 0 Å². The van der Waals surface area contributed by atoms with Crippen LogP contribution in [0.1, 0.15) is 38.7 Å². The van der Waals surface area contributed by atoms with Gasteiger partial charge in [0.15, 0.2) is 0 Å². The molecule has 0 aliphatic carbocycles. The minimum Gasteiger partial charge on any atom is -0.494 e. The number of hydrogen-bond donors (Lipinski definition) is 3. The van der Waals surface area contributed by atoms with Crippen LogP contribution < -0.4 is 10.1 Å². The van der Waals surface area contributed by atoms with Crippen molar-refractivity contribution in [3.63, 3.8) is 0 Å². The summed E-state index contributed by atoms with van der Waals surface area (Å²) < 4.78 is 5.60. The van der Waals surface area contributed by atoms with Crippen LogP contribution in [-0.4, -0.2) is 34.9 Å². The van der Waals surface area contributed by atoms with E-state index in [9.17, 15) is 9.90 Å². The molecular formula is C16H25NO4. The van der Waals surface area contributed by atoms with Crippen molar-refractivity contribution in [2.45, 2.75) is 45.3 Å². The molecule has 1 atom stereocenters. The van der Waals surface area contributed by atoms with Crippen LogP contribution in [-0.2, 0) is 11.4 Å². The Bertz CT molecular complexity index is 450. The number of carboxylic acid groups (broad SMARTS) is 1. The molecule has 1 rings (SSSR count). The molecule has 5 nitrogen and oxygen atoms in total. The third kappa shape index (κ3) is 5.73. The second-order valence-electron chi connectivity index (χ2n) is 5.32. The van der Waals surface area contributed by atoms with Gasteiger partial charge in [-0.3, -0.25) is 4.79 Å². The second kappa shape index (κ2) is 8.64. The average molecular weight is 295 g/mol. The normalized spacial score (nSPS) is 13.7. The number of nitrogens with one attached hydrogen (secondary N) is 1. The molecule has 0 bridgehead atoms. The van der Waals surface area contributed by atoms with Crippen LogP contribution in [0.5, 0.6) is 5.75 Å². The molecule has 0 amide bonds. The van der Waals surface area contributed by atoms with Gasteiger partial charge in [0.25, 0.3) is 0 Å². The van der Waals surface area contributed by atoms with E-state index in [0.29, 0.717) is 31.7 Å². The Kier molecular flexibility index (Phi) is 7.19. The lowest BCUT2D eigenvalue weighted by Gasteiger charge is -2.26. The van der Waals surface area contributed by atoms with Crippen molar-refractivity contribution in [3.05, 3.63) is 29.8 Å². The summed E-state index contributed by atoms with van der Waals surface area (Å²) in [5, 5.41) is 21.4. The summed E-state index contributed by atoms with van der Waals surface area (Å²) >= 11 is 0. The predicted molar refractivity (Wildman–Crippen MR) is 81.4 cm³/mol. The molecule has 0 aromatic heterocycles. The van der Waals surface area contributed by atoms with Gasteiger partial charge < -0.3 is 20.3 Å². The highest BCUT2D eigenvalue weighted by Gasteiger charge is 2.31. The molecule has 0 heterocycles. The summed E-state index contributed by atoms with van der Waals surface area (Å²) in [4.78, 5) is 11.3. The topological polar surface area (TPSA) is 78.8 Å². The number of carbonyl (C=O) groups is 1. The first kappa shape index (κ1) is 17.5. The second-order valence-corrected chi connectivity index (χ2v) is 5.32. The predicted octanol–water partition coefficient (Wildman–Crippen LogP) is 2.18. The maximum Gasteiger partial charge on any atom is 0.323 e. The molecule has 3 N–H and O–H groups in total. The zero-order chi connectivity index (χ0) is 15.7. The highest BCUT2D eigenvalue weighted by atomic mass is 16.5. The molecule has 1 unspecified atom stereocenters. The summed E-state index contributed by atoms with van der Waals surface area (Å²) in [7, 11) is 0. The molecule has 0 aliphatic rings. The van der Waals surface area contributed by atoms with E-state index in [1.807, 2.05) is 25.1 Å². The zero-order valence-corrected chi connectivity index (χ0v) is 12.8. The summed E-state index contributed by atoms with van der Waals surface area (Å²) in [6, 6.07) is 7.25. The summed E-state index contributed by atoms with van der Waals surface area (Å²) in [5.74, 6) is -0.140. The van der Waals surface area contributed by atoms with Gasteiger partial charge in [-0.05, 0) is 50.4 Å². The highest BCUT2D eigenvalue weighted by molar-refractivity contribution is 5.78. The Morgan fingerprint density at radius 2 is 2.19 bits per heavy atom. The Hall–Kier alpha value is -1.59. The van der Waals surface area contributed by atoms with Crippen molar-refractivity contribution in [2.24, 2.45) is 0 Å². The number of aliphatic carboxylic acids is 1. The molecule has 5 heteroatoms. The Balaban J connectivity index is 2.42. The minimum absolute atomic E-state index is 0.0186. The van der Waals surface area contributed by atoms with E-state index in [1.165, 1.54) is 0 Å². The monoisotopic (exact) mass is 295 g/mol. The van der Waals surface area contributed by atoms with Gasteiger partial charge in [0.05, 0.1) is 13.2 Å². The average Bonchev–Trinajstić information content (AvgIpc) is 2.49. The van der Waals surface area contributed by atoms with Gasteiger partial charge in [-0.1, -0.05) is 19.1 Å². The summed E-state index contributed by atoms with van der Waals surface area (Å²) in [5.41, 5.74) is -0.112. The fourth-order valence-corrected chi connectivity index (χ4v) is 2.02.